The normalized spacial score (nSPS) is 19.8. The number of aromatic hydroxyl groups is 1. The number of rotatable bonds is 14. The van der Waals surface area contributed by atoms with Crippen molar-refractivity contribution in [2.24, 2.45) is 5.92 Å². The Balaban J connectivity index is 2.80. The summed E-state index contributed by atoms with van der Waals surface area (Å²) in [6.07, 6.45) is 6.74. The summed E-state index contributed by atoms with van der Waals surface area (Å²) in [6, 6.07) is 2.15. The molecule has 0 saturated carbocycles. The SMILES string of the molecule is C=C(C)[C@@H]1CCC(C)=C[C@H]1c1c(O)cc(CCCCC)cc1OP(=O)(C(=O)OC(C)C)N(CC)[C@@H](C)C(=O)O. The van der Waals surface area contributed by atoms with Gasteiger partial charge in [-0.15, -0.1) is 0 Å². The van der Waals surface area contributed by atoms with Gasteiger partial charge in [0.2, 0.25) is 0 Å². The predicted molar refractivity (Wildman–Crippen MR) is 155 cm³/mol. The number of aryl methyl sites for hydroxylation is 1. The van der Waals surface area contributed by atoms with E-state index in [4.69, 9.17) is 9.26 Å². The maximum Gasteiger partial charge on any atom is 0.427 e. The molecule has 1 aliphatic rings. The van der Waals surface area contributed by atoms with Crippen LogP contribution < -0.4 is 4.52 Å². The molecule has 0 aliphatic heterocycles. The first-order chi connectivity index (χ1) is 18.3. The first-order valence-electron chi connectivity index (χ1n) is 14.0. The zero-order chi connectivity index (χ0) is 29.5. The number of phenols is 1. The van der Waals surface area contributed by atoms with Crippen molar-refractivity contribution in [2.75, 3.05) is 6.54 Å². The molecule has 0 saturated heterocycles. The van der Waals surface area contributed by atoms with E-state index in [1.54, 1.807) is 32.9 Å². The van der Waals surface area contributed by atoms with Crippen LogP contribution in [0.5, 0.6) is 11.5 Å². The van der Waals surface area contributed by atoms with Crippen molar-refractivity contribution in [1.29, 1.82) is 0 Å². The lowest BCUT2D eigenvalue weighted by molar-refractivity contribution is -0.141. The van der Waals surface area contributed by atoms with Gasteiger partial charge in [-0.05, 0) is 83.9 Å². The van der Waals surface area contributed by atoms with E-state index >= 15 is 0 Å². The zero-order valence-corrected chi connectivity index (χ0v) is 25.4. The molecule has 0 bridgehead atoms. The second kappa shape index (κ2) is 14.2. The van der Waals surface area contributed by atoms with Crippen LogP contribution >= 0.6 is 7.52 Å². The third kappa shape index (κ3) is 7.98. The Kier molecular flexibility index (Phi) is 11.9. The molecule has 4 atom stereocenters. The number of hydrogen-bond donors (Lipinski definition) is 2. The lowest BCUT2D eigenvalue weighted by atomic mass is 9.73. The summed E-state index contributed by atoms with van der Waals surface area (Å²) in [7, 11) is -4.58. The number of unbranched alkanes of at least 4 members (excludes halogenated alkanes) is 2. The van der Waals surface area contributed by atoms with E-state index < -0.39 is 31.3 Å². The number of benzene rings is 1. The summed E-state index contributed by atoms with van der Waals surface area (Å²) in [5.74, 6) is -1.49. The van der Waals surface area contributed by atoms with Crippen LogP contribution in [-0.2, 0) is 20.5 Å². The topological polar surface area (TPSA) is 113 Å². The van der Waals surface area contributed by atoms with E-state index in [1.165, 1.54) is 6.92 Å². The maximum atomic E-state index is 14.5. The first kappa shape index (κ1) is 32.6. The highest BCUT2D eigenvalue weighted by Gasteiger charge is 2.48. The number of carboxylic acid groups (broad SMARTS) is 1. The smallest absolute Gasteiger partial charge is 0.427 e. The Morgan fingerprint density at radius 1 is 1.21 bits per heavy atom. The van der Waals surface area contributed by atoms with Crippen molar-refractivity contribution in [2.45, 2.75) is 105 Å². The Labute approximate surface area is 233 Å². The van der Waals surface area contributed by atoms with Gasteiger partial charge in [0.15, 0.2) is 0 Å². The Morgan fingerprint density at radius 3 is 2.41 bits per heavy atom. The second-order valence-corrected chi connectivity index (χ2v) is 12.9. The lowest BCUT2D eigenvalue weighted by Gasteiger charge is -2.35. The summed E-state index contributed by atoms with van der Waals surface area (Å²) in [4.78, 5) is 25.3. The molecule has 0 radical (unpaired) electrons. The van der Waals surface area contributed by atoms with Crippen LogP contribution in [-0.4, -0.2) is 45.3 Å². The molecule has 2 N–H and O–H groups in total. The van der Waals surface area contributed by atoms with Gasteiger partial charge in [-0.25, -0.2) is 9.36 Å². The van der Waals surface area contributed by atoms with Crippen LogP contribution in [0, 0.1) is 5.92 Å². The molecule has 1 aromatic rings. The van der Waals surface area contributed by atoms with Gasteiger partial charge in [0.1, 0.15) is 17.5 Å². The van der Waals surface area contributed by atoms with Crippen LogP contribution in [0.1, 0.15) is 97.6 Å². The molecule has 0 amide bonds. The number of likely N-dealkylation sites (N-methyl/N-ethyl adjacent to an activating group) is 1. The van der Waals surface area contributed by atoms with Gasteiger partial charge in [-0.3, -0.25) is 4.79 Å². The monoisotopic (exact) mass is 563 g/mol. The molecule has 1 aliphatic carbocycles. The van der Waals surface area contributed by atoms with Crippen LogP contribution in [0.15, 0.2) is 35.9 Å². The van der Waals surface area contributed by atoms with Gasteiger partial charge in [0.05, 0.1) is 6.10 Å². The molecule has 2 rings (SSSR count). The molecular formula is C30H46NO7P. The summed E-state index contributed by atoms with van der Waals surface area (Å²) in [5, 5.41) is 21.1. The van der Waals surface area contributed by atoms with Crippen molar-refractivity contribution in [3.05, 3.63) is 47.1 Å². The number of aliphatic carboxylic acids is 1. The highest BCUT2D eigenvalue weighted by atomic mass is 31.2. The predicted octanol–water partition coefficient (Wildman–Crippen LogP) is 8.05. The van der Waals surface area contributed by atoms with E-state index in [2.05, 4.69) is 19.6 Å². The number of nitrogens with zero attached hydrogens (tertiary/aromatic N) is 1. The fourth-order valence-electron chi connectivity index (χ4n) is 5.12. The number of hydrogen-bond acceptors (Lipinski definition) is 6. The van der Waals surface area contributed by atoms with E-state index in [0.717, 1.165) is 53.5 Å². The Morgan fingerprint density at radius 2 is 1.87 bits per heavy atom. The van der Waals surface area contributed by atoms with Crippen molar-refractivity contribution < 1.29 is 33.6 Å². The van der Waals surface area contributed by atoms with Gasteiger partial charge in [0, 0.05) is 18.0 Å². The second-order valence-electron chi connectivity index (χ2n) is 10.8. The highest BCUT2D eigenvalue weighted by Crippen LogP contribution is 2.57. The van der Waals surface area contributed by atoms with Gasteiger partial charge < -0.3 is 19.5 Å². The fourth-order valence-corrected chi connectivity index (χ4v) is 7.20. The first-order valence-corrected chi connectivity index (χ1v) is 15.5. The summed E-state index contributed by atoms with van der Waals surface area (Å²) >= 11 is 0. The third-order valence-electron chi connectivity index (χ3n) is 7.22. The number of allylic oxidation sites excluding steroid dienone is 3. The van der Waals surface area contributed by atoms with Gasteiger partial charge in [0.25, 0.3) is 0 Å². The molecule has 39 heavy (non-hydrogen) atoms. The van der Waals surface area contributed by atoms with Crippen molar-refractivity contribution >= 4 is 19.2 Å². The van der Waals surface area contributed by atoms with E-state index in [0.29, 0.717) is 12.0 Å². The molecule has 0 heterocycles. The summed E-state index contributed by atoms with van der Waals surface area (Å²) < 4.78 is 27.1. The Hall–Kier alpha value is -2.57. The maximum absolute atomic E-state index is 14.5. The van der Waals surface area contributed by atoms with Gasteiger partial charge in [-0.1, -0.05) is 50.5 Å². The molecule has 0 spiro atoms. The molecule has 218 valence electrons. The Bertz CT molecular complexity index is 1130. The quantitative estimate of drug-likeness (QED) is 0.133. The largest absolute Gasteiger partial charge is 0.507 e. The van der Waals surface area contributed by atoms with Crippen LogP contribution in [0.25, 0.3) is 0 Å². The van der Waals surface area contributed by atoms with E-state index in [1.807, 2.05) is 13.8 Å². The molecule has 9 heteroatoms. The zero-order valence-electron chi connectivity index (χ0n) is 24.5. The number of carboxylic acids is 1. The fraction of sp³-hybridized carbons (Fsp3) is 0.600. The molecule has 1 aromatic carbocycles. The molecule has 8 nitrogen and oxygen atoms in total. The van der Waals surface area contributed by atoms with E-state index in [-0.39, 0.29) is 29.9 Å². The average molecular weight is 564 g/mol. The standard InChI is InChI=1S/C30H46NO7P/c1-9-11-12-13-23-17-26(32)28(25-16-21(7)14-15-24(25)19(3)4)27(18-23)38-39(36,30(35)37-20(5)6)31(10-2)22(8)29(33)34/h16-18,20,22,24-25,32H,3,9-15H2,1-2,4-8H3,(H,33,34)/t22-,24-,25+,39?/m0/s1. The number of ether oxygens (including phenoxy) is 1. The average Bonchev–Trinajstić information content (AvgIpc) is 2.83. The van der Waals surface area contributed by atoms with Crippen molar-refractivity contribution in [1.82, 2.24) is 4.67 Å². The molecule has 0 aromatic heterocycles. The van der Waals surface area contributed by atoms with Gasteiger partial charge >= 0.3 is 19.2 Å². The molecular weight excluding hydrogens is 517 g/mol. The summed E-state index contributed by atoms with van der Waals surface area (Å²) in [6.45, 7) is 16.4. The number of carbonyl (C=O) groups is 2. The number of phenolic OH excluding ortho intramolecular Hbond substituents is 1. The minimum atomic E-state index is -4.58. The minimum Gasteiger partial charge on any atom is -0.507 e. The van der Waals surface area contributed by atoms with E-state index in [9.17, 15) is 24.4 Å². The van der Waals surface area contributed by atoms with Crippen molar-refractivity contribution in [3.63, 3.8) is 0 Å². The minimum absolute atomic E-state index is 0.00452. The summed E-state index contributed by atoms with van der Waals surface area (Å²) in [5.41, 5.74) is 2.16. The highest BCUT2D eigenvalue weighted by molar-refractivity contribution is 7.73. The number of carbonyl (C=O) groups excluding carboxylic acids is 1. The van der Waals surface area contributed by atoms with Crippen LogP contribution in [0.3, 0.4) is 0 Å². The molecule has 1 unspecified atom stereocenters. The van der Waals surface area contributed by atoms with Gasteiger partial charge in [-0.2, -0.15) is 4.67 Å². The van der Waals surface area contributed by atoms with Crippen LogP contribution in [0.4, 0.5) is 4.79 Å². The van der Waals surface area contributed by atoms with Crippen LogP contribution in [0.2, 0.25) is 0 Å². The molecule has 0 fully saturated rings. The third-order valence-corrected chi connectivity index (χ3v) is 9.54. The lowest BCUT2D eigenvalue weighted by Crippen LogP contribution is -2.40. The van der Waals surface area contributed by atoms with Crippen molar-refractivity contribution in [3.8, 4) is 11.5 Å².